The summed E-state index contributed by atoms with van der Waals surface area (Å²) in [7, 11) is 3.29. The number of carboxylic acid groups (broad SMARTS) is 1. The van der Waals surface area contributed by atoms with E-state index in [9.17, 15) is 4.79 Å². The minimum absolute atomic E-state index is 0.000107. The molecule has 1 fully saturated rings. The van der Waals surface area contributed by atoms with Gasteiger partial charge in [0.15, 0.2) is 0 Å². The van der Waals surface area contributed by atoms with Gasteiger partial charge in [-0.25, -0.2) is 14.8 Å². The molecular weight excluding hydrogens is 250 g/mol. The molecule has 0 saturated carbocycles. The van der Waals surface area contributed by atoms with Gasteiger partial charge >= 0.3 is 5.97 Å². The molecule has 0 radical (unpaired) electrons. The molecule has 0 aromatic carbocycles. The smallest absolute Gasteiger partial charge is 0.339 e. The predicted molar refractivity (Wildman–Crippen MR) is 65.9 cm³/mol. The van der Waals surface area contributed by atoms with E-state index in [2.05, 4.69) is 14.9 Å². The maximum absolute atomic E-state index is 11.1. The average Bonchev–Trinajstić information content (AvgIpc) is 2.81. The second-order valence-corrected chi connectivity index (χ2v) is 4.43. The molecule has 1 aromatic rings. The van der Waals surface area contributed by atoms with Crippen molar-refractivity contribution in [1.82, 2.24) is 14.9 Å². The molecule has 19 heavy (non-hydrogen) atoms. The van der Waals surface area contributed by atoms with Gasteiger partial charge in [-0.1, -0.05) is 0 Å². The van der Waals surface area contributed by atoms with Crippen LogP contribution in [-0.4, -0.2) is 65.5 Å². The van der Waals surface area contributed by atoms with Gasteiger partial charge in [0, 0.05) is 40.1 Å². The summed E-state index contributed by atoms with van der Waals surface area (Å²) in [6.45, 7) is 1.83. The van der Waals surface area contributed by atoms with Gasteiger partial charge in [0.2, 0.25) is 0 Å². The third-order valence-electron chi connectivity index (χ3n) is 3.30. The van der Waals surface area contributed by atoms with E-state index in [0.717, 1.165) is 0 Å². The minimum Gasteiger partial charge on any atom is -0.478 e. The highest BCUT2D eigenvalue weighted by molar-refractivity contribution is 5.88. The van der Waals surface area contributed by atoms with Crippen molar-refractivity contribution >= 4 is 5.97 Å². The summed E-state index contributed by atoms with van der Waals surface area (Å²) < 4.78 is 10.7. The Hall–Kier alpha value is -1.57. The molecule has 1 aliphatic rings. The summed E-state index contributed by atoms with van der Waals surface area (Å²) in [6.07, 6.45) is 2.68. The van der Waals surface area contributed by atoms with Gasteiger partial charge in [-0.2, -0.15) is 0 Å². The lowest BCUT2D eigenvalue weighted by molar-refractivity contribution is -0.00461. The second kappa shape index (κ2) is 6.05. The third-order valence-corrected chi connectivity index (χ3v) is 3.30. The number of likely N-dealkylation sites (tertiary alicyclic amines) is 1. The maximum atomic E-state index is 11.1. The molecule has 1 N–H and O–H groups in total. The van der Waals surface area contributed by atoms with Crippen molar-refractivity contribution in [3.63, 3.8) is 0 Å². The Morgan fingerprint density at radius 2 is 2.05 bits per heavy atom. The quantitative estimate of drug-likeness (QED) is 0.805. The van der Waals surface area contributed by atoms with E-state index in [1.54, 1.807) is 14.2 Å². The Labute approximate surface area is 111 Å². The zero-order chi connectivity index (χ0) is 13.8. The number of ether oxygens (including phenoxy) is 2. The topological polar surface area (TPSA) is 84.8 Å². The summed E-state index contributed by atoms with van der Waals surface area (Å²) in [5.41, 5.74) is 0.645. The highest BCUT2D eigenvalue weighted by atomic mass is 16.5. The zero-order valence-corrected chi connectivity index (χ0v) is 10.9. The Morgan fingerprint density at radius 1 is 1.42 bits per heavy atom. The van der Waals surface area contributed by atoms with Crippen molar-refractivity contribution in [1.29, 1.82) is 0 Å². The van der Waals surface area contributed by atoms with Crippen molar-refractivity contribution in [3.8, 4) is 0 Å². The lowest BCUT2D eigenvalue weighted by atomic mass is 10.2. The molecule has 7 heteroatoms. The van der Waals surface area contributed by atoms with Gasteiger partial charge in [0.1, 0.15) is 11.9 Å². The Morgan fingerprint density at radius 3 is 2.58 bits per heavy atom. The van der Waals surface area contributed by atoms with Crippen LogP contribution in [0.2, 0.25) is 0 Å². The normalized spacial score (nSPS) is 23.7. The fourth-order valence-electron chi connectivity index (χ4n) is 2.27. The van der Waals surface area contributed by atoms with Gasteiger partial charge in [-0.3, -0.25) is 4.90 Å². The van der Waals surface area contributed by atoms with E-state index in [1.165, 1.54) is 12.5 Å². The van der Waals surface area contributed by atoms with E-state index in [-0.39, 0.29) is 17.8 Å². The molecule has 1 aromatic heterocycles. The fourth-order valence-corrected chi connectivity index (χ4v) is 2.27. The number of hydrogen-bond acceptors (Lipinski definition) is 6. The first kappa shape index (κ1) is 13.9. The van der Waals surface area contributed by atoms with Gasteiger partial charge in [-0.15, -0.1) is 0 Å². The summed E-state index contributed by atoms with van der Waals surface area (Å²) in [5.74, 6) is -1.01. The van der Waals surface area contributed by atoms with Gasteiger partial charge in [0.05, 0.1) is 17.9 Å². The number of nitrogens with zero attached hydrogens (tertiary/aromatic N) is 3. The molecule has 2 unspecified atom stereocenters. The van der Waals surface area contributed by atoms with Crippen molar-refractivity contribution < 1.29 is 19.4 Å². The fraction of sp³-hybridized carbons (Fsp3) is 0.583. The van der Waals surface area contributed by atoms with Crippen molar-refractivity contribution in [3.05, 3.63) is 23.8 Å². The van der Waals surface area contributed by atoms with Crippen molar-refractivity contribution in [2.45, 2.75) is 18.8 Å². The highest BCUT2D eigenvalue weighted by Crippen LogP contribution is 2.18. The Kier molecular flexibility index (Phi) is 4.41. The monoisotopic (exact) mass is 267 g/mol. The van der Waals surface area contributed by atoms with Crippen molar-refractivity contribution in [2.75, 3.05) is 27.3 Å². The average molecular weight is 267 g/mol. The predicted octanol–water partition coefficient (Wildman–Crippen LogP) is 0.0204. The molecule has 2 atom stereocenters. The van der Waals surface area contributed by atoms with Crippen LogP contribution >= 0.6 is 0 Å². The zero-order valence-electron chi connectivity index (χ0n) is 10.9. The van der Waals surface area contributed by atoms with Crippen LogP contribution < -0.4 is 0 Å². The van der Waals surface area contributed by atoms with Crippen LogP contribution in [0.1, 0.15) is 16.1 Å². The summed E-state index contributed by atoms with van der Waals surface area (Å²) in [5, 5.41) is 9.09. The number of carboxylic acids is 1. The van der Waals surface area contributed by atoms with Crippen LogP contribution in [0.3, 0.4) is 0 Å². The summed E-state index contributed by atoms with van der Waals surface area (Å²) >= 11 is 0. The molecule has 2 rings (SSSR count). The van der Waals surface area contributed by atoms with Crippen LogP contribution in [-0.2, 0) is 16.0 Å². The molecule has 0 bridgehead atoms. The first-order chi connectivity index (χ1) is 9.15. The molecule has 7 nitrogen and oxygen atoms in total. The standard InChI is InChI=1S/C12H17N3O4/c1-18-10-5-15(6-11(10)19-2)4-9-8(12(16)17)3-13-7-14-9/h3,7,10-11H,4-6H2,1-2H3,(H,16,17). The minimum atomic E-state index is -1.01. The molecule has 0 aliphatic carbocycles. The number of aromatic carboxylic acids is 1. The van der Waals surface area contributed by atoms with Crippen LogP contribution in [0.5, 0.6) is 0 Å². The van der Waals surface area contributed by atoms with E-state index >= 15 is 0 Å². The molecule has 0 amide bonds. The van der Waals surface area contributed by atoms with Crippen molar-refractivity contribution in [2.24, 2.45) is 0 Å². The lowest BCUT2D eigenvalue weighted by Crippen LogP contribution is -2.27. The Balaban J connectivity index is 2.08. The van der Waals surface area contributed by atoms with Gasteiger partial charge in [0.25, 0.3) is 0 Å². The first-order valence-corrected chi connectivity index (χ1v) is 5.95. The van der Waals surface area contributed by atoms with Crippen LogP contribution in [0.4, 0.5) is 0 Å². The van der Waals surface area contributed by atoms with Crippen LogP contribution in [0, 0.1) is 0 Å². The Bertz CT molecular complexity index is 442. The summed E-state index contributed by atoms with van der Waals surface area (Å²) in [4.78, 5) is 20.9. The highest BCUT2D eigenvalue weighted by Gasteiger charge is 2.33. The van der Waals surface area contributed by atoms with E-state index in [0.29, 0.717) is 25.3 Å². The molecule has 1 saturated heterocycles. The number of rotatable bonds is 5. The van der Waals surface area contributed by atoms with Gasteiger partial charge < -0.3 is 14.6 Å². The first-order valence-electron chi connectivity index (χ1n) is 5.95. The van der Waals surface area contributed by atoms with E-state index in [4.69, 9.17) is 14.6 Å². The molecular formula is C12H17N3O4. The molecule has 0 spiro atoms. The second-order valence-electron chi connectivity index (χ2n) is 4.43. The third kappa shape index (κ3) is 3.06. The number of hydrogen-bond donors (Lipinski definition) is 1. The molecule has 1 aliphatic heterocycles. The number of aromatic nitrogens is 2. The molecule has 104 valence electrons. The SMILES string of the molecule is COC1CN(Cc2ncncc2C(=O)O)CC1OC. The maximum Gasteiger partial charge on any atom is 0.339 e. The largest absolute Gasteiger partial charge is 0.478 e. The number of carbonyl (C=O) groups is 1. The van der Waals surface area contributed by atoms with Gasteiger partial charge in [-0.05, 0) is 0 Å². The van der Waals surface area contributed by atoms with Crippen LogP contribution in [0.15, 0.2) is 12.5 Å². The lowest BCUT2D eigenvalue weighted by Gasteiger charge is -2.15. The summed E-state index contributed by atoms with van der Waals surface area (Å²) in [6, 6.07) is 0. The van der Waals surface area contributed by atoms with Crippen LogP contribution in [0.25, 0.3) is 0 Å². The molecule has 2 heterocycles. The van der Waals surface area contributed by atoms with E-state index < -0.39 is 5.97 Å². The number of methoxy groups -OCH3 is 2. The van der Waals surface area contributed by atoms with E-state index in [1.807, 2.05) is 0 Å².